The quantitative estimate of drug-likeness (QED) is 0.735. The molecular weight excluding hydrogens is 382 g/mol. The van der Waals surface area contributed by atoms with Crippen LogP contribution >= 0.6 is 0 Å². The summed E-state index contributed by atoms with van der Waals surface area (Å²) in [6.07, 6.45) is 0.638. The van der Waals surface area contributed by atoms with Crippen molar-refractivity contribution in [3.63, 3.8) is 0 Å². The number of alkyl halides is 2. The van der Waals surface area contributed by atoms with Crippen LogP contribution in [0.15, 0.2) is 18.2 Å². The normalized spacial score (nSPS) is 22.8. The SMILES string of the molecule is COc1cc(C(=O)N2CCN([C@H]3CCS(=O)(=O)C3)CC2)ccc1OC(F)F. The number of methoxy groups -OCH3 is 1. The molecule has 3 rings (SSSR count). The van der Waals surface area contributed by atoms with E-state index in [0.29, 0.717) is 38.2 Å². The zero-order valence-corrected chi connectivity index (χ0v) is 15.8. The number of nitrogens with zero attached hydrogens (tertiary/aromatic N) is 2. The first-order chi connectivity index (χ1) is 12.8. The van der Waals surface area contributed by atoms with Gasteiger partial charge in [0.1, 0.15) is 0 Å². The van der Waals surface area contributed by atoms with Crippen LogP contribution in [0.3, 0.4) is 0 Å². The van der Waals surface area contributed by atoms with Crippen molar-refractivity contribution in [2.24, 2.45) is 0 Å². The van der Waals surface area contributed by atoms with Crippen LogP contribution in [0, 0.1) is 0 Å². The second-order valence-electron chi connectivity index (χ2n) is 6.63. The van der Waals surface area contributed by atoms with E-state index in [-0.39, 0.29) is 35.0 Å². The average molecular weight is 404 g/mol. The molecule has 27 heavy (non-hydrogen) atoms. The highest BCUT2D eigenvalue weighted by atomic mass is 32.2. The van der Waals surface area contributed by atoms with Crippen LogP contribution in [-0.4, -0.2) is 81.6 Å². The molecule has 1 atom stereocenters. The third-order valence-corrected chi connectivity index (χ3v) is 6.70. The van der Waals surface area contributed by atoms with E-state index < -0.39 is 16.4 Å². The van der Waals surface area contributed by atoms with Crippen molar-refractivity contribution >= 4 is 15.7 Å². The molecule has 1 amide bonds. The molecule has 0 radical (unpaired) electrons. The van der Waals surface area contributed by atoms with Crippen LogP contribution in [-0.2, 0) is 9.84 Å². The van der Waals surface area contributed by atoms with Gasteiger partial charge in [0, 0.05) is 37.8 Å². The van der Waals surface area contributed by atoms with Gasteiger partial charge in [-0.25, -0.2) is 8.42 Å². The number of rotatable bonds is 5. The lowest BCUT2D eigenvalue weighted by atomic mass is 10.1. The number of carbonyl (C=O) groups is 1. The number of hydrogen-bond acceptors (Lipinski definition) is 6. The number of sulfone groups is 1. The van der Waals surface area contributed by atoms with Crippen molar-refractivity contribution in [3.05, 3.63) is 23.8 Å². The van der Waals surface area contributed by atoms with Crippen molar-refractivity contribution in [2.75, 3.05) is 44.8 Å². The lowest BCUT2D eigenvalue weighted by Crippen LogP contribution is -2.52. The lowest BCUT2D eigenvalue weighted by Gasteiger charge is -2.37. The maximum Gasteiger partial charge on any atom is 0.387 e. The molecule has 150 valence electrons. The molecule has 0 spiro atoms. The van der Waals surface area contributed by atoms with E-state index in [1.807, 2.05) is 0 Å². The molecule has 2 heterocycles. The van der Waals surface area contributed by atoms with E-state index in [9.17, 15) is 22.0 Å². The van der Waals surface area contributed by atoms with Gasteiger partial charge in [-0.3, -0.25) is 9.69 Å². The minimum Gasteiger partial charge on any atom is -0.493 e. The van der Waals surface area contributed by atoms with Gasteiger partial charge in [0.05, 0.1) is 18.6 Å². The third kappa shape index (κ3) is 4.67. The molecule has 0 bridgehead atoms. The van der Waals surface area contributed by atoms with Crippen LogP contribution < -0.4 is 9.47 Å². The van der Waals surface area contributed by atoms with Crippen molar-refractivity contribution in [2.45, 2.75) is 19.1 Å². The first-order valence-corrected chi connectivity index (χ1v) is 10.5. The number of piperazine rings is 1. The third-order valence-electron chi connectivity index (χ3n) is 4.95. The predicted molar refractivity (Wildman–Crippen MR) is 94.2 cm³/mol. The van der Waals surface area contributed by atoms with Gasteiger partial charge in [0.2, 0.25) is 0 Å². The van der Waals surface area contributed by atoms with E-state index in [1.54, 1.807) is 4.90 Å². The molecule has 0 aromatic heterocycles. The van der Waals surface area contributed by atoms with Gasteiger partial charge < -0.3 is 14.4 Å². The minimum absolute atomic E-state index is 0.0260. The van der Waals surface area contributed by atoms with Crippen LogP contribution in [0.4, 0.5) is 8.78 Å². The largest absolute Gasteiger partial charge is 0.493 e. The van der Waals surface area contributed by atoms with Crippen molar-refractivity contribution in [1.82, 2.24) is 9.80 Å². The highest BCUT2D eigenvalue weighted by Crippen LogP contribution is 2.30. The first-order valence-electron chi connectivity index (χ1n) is 8.65. The zero-order valence-electron chi connectivity index (χ0n) is 14.9. The summed E-state index contributed by atoms with van der Waals surface area (Å²) in [6.45, 7) is -0.807. The molecule has 7 nitrogen and oxygen atoms in total. The monoisotopic (exact) mass is 404 g/mol. The van der Waals surface area contributed by atoms with Crippen LogP contribution in [0.2, 0.25) is 0 Å². The van der Waals surface area contributed by atoms with Gasteiger partial charge in [0.15, 0.2) is 21.3 Å². The van der Waals surface area contributed by atoms with Gasteiger partial charge in [-0.2, -0.15) is 8.78 Å². The van der Waals surface area contributed by atoms with Gasteiger partial charge in [-0.05, 0) is 24.6 Å². The summed E-state index contributed by atoms with van der Waals surface area (Å²) in [6, 6.07) is 4.13. The minimum atomic E-state index is -2.98. The molecule has 0 saturated carbocycles. The van der Waals surface area contributed by atoms with Crippen LogP contribution in [0.5, 0.6) is 11.5 Å². The van der Waals surface area contributed by atoms with Crippen molar-refractivity contribution in [1.29, 1.82) is 0 Å². The molecule has 2 fully saturated rings. The number of ether oxygens (including phenoxy) is 2. The number of carbonyl (C=O) groups excluding carboxylic acids is 1. The van der Waals surface area contributed by atoms with Gasteiger partial charge in [0.25, 0.3) is 5.91 Å². The van der Waals surface area contributed by atoms with E-state index >= 15 is 0 Å². The Morgan fingerprint density at radius 3 is 2.44 bits per heavy atom. The summed E-state index contributed by atoms with van der Waals surface area (Å²) in [5.74, 6) is 0.121. The Kier molecular flexibility index (Phi) is 5.85. The summed E-state index contributed by atoms with van der Waals surface area (Å²) in [5, 5.41) is 0. The van der Waals surface area contributed by atoms with Gasteiger partial charge in [-0.15, -0.1) is 0 Å². The topological polar surface area (TPSA) is 76.2 Å². The molecule has 0 N–H and O–H groups in total. The molecule has 1 aromatic carbocycles. The average Bonchev–Trinajstić information content (AvgIpc) is 3.01. The fourth-order valence-corrected chi connectivity index (χ4v) is 5.29. The zero-order chi connectivity index (χ0) is 19.6. The Morgan fingerprint density at radius 2 is 1.89 bits per heavy atom. The summed E-state index contributed by atoms with van der Waals surface area (Å²) >= 11 is 0. The van der Waals surface area contributed by atoms with Crippen LogP contribution in [0.1, 0.15) is 16.8 Å². The molecule has 2 aliphatic heterocycles. The smallest absolute Gasteiger partial charge is 0.387 e. The molecule has 2 aliphatic rings. The van der Waals surface area contributed by atoms with Gasteiger partial charge >= 0.3 is 6.61 Å². The first kappa shape index (κ1) is 19.8. The van der Waals surface area contributed by atoms with Crippen molar-refractivity contribution in [3.8, 4) is 11.5 Å². The van der Waals surface area contributed by atoms with Crippen LogP contribution in [0.25, 0.3) is 0 Å². The number of hydrogen-bond donors (Lipinski definition) is 0. The highest BCUT2D eigenvalue weighted by Gasteiger charge is 2.34. The summed E-state index contributed by atoms with van der Waals surface area (Å²) in [5.41, 5.74) is 0.324. The molecular formula is C17H22F2N2O5S. The lowest BCUT2D eigenvalue weighted by molar-refractivity contribution is -0.0512. The Morgan fingerprint density at radius 1 is 1.19 bits per heavy atom. The Labute approximate surface area is 156 Å². The second-order valence-corrected chi connectivity index (χ2v) is 8.86. The predicted octanol–water partition coefficient (Wildman–Crippen LogP) is 1.24. The fourth-order valence-electron chi connectivity index (χ4n) is 3.53. The Bertz CT molecular complexity index is 795. The number of halogens is 2. The summed E-state index contributed by atoms with van der Waals surface area (Å²) in [7, 11) is -1.62. The van der Waals surface area contributed by atoms with Gasteiger partial charge in [-0.1, -0.05) is 0 Å². The van der Waals surface area contributed by atoms with E-state index in [0.717, 1.165) is 0 Å². The van der Waals surface area contributed by atoms with Crippen molar-refractivity contribution < 1.29 is 31.5 Å². The summed E-state index contributed by atoms with van der Waals surface area (Å²) in [4.78, 5) is 16.5. The second kappa shape index (κ2) is 7.97. The molecule has 10 heteroatoms. The Hall–Kier alpha value is -1.94. The number of benzene rings is 1. The van der Waals surface area contributed by atoms with E-state index in [2.05, 4.69) is 9.64 Å². The van der Waals surface area contributed by atoms with E-state index in [1.165, 1.54) is 25.3 Å². The maximum absolute atomic E-state index is 12.7. The Balaban J connectivity index is 1.62. The number of amides is 1. The molecule has 2 saturated heterocycles. The van der Waals surface area contributed by atoms with E-state index in [4.69, 9.17) is 4.74 Å². The standard InChI is InChI=1S/C17H22F2N2O5S/c1-25-15-10-12(2-3-14(15)26-17(18)19)16(22)21-7-5-20(6-8-21)13-4-9-27(23,24)11-13/h2-3,10,13,17H,4-9,11H2,1H3/t13-/m0/s1. The molecule has 1 aromatic rings. The molecule has 0 aliphatic carbocycles. The highest BCUT2D eigenvalue weighted by molar-refractivity contribution is 7.91. The summed E-state index contributed by atoms with van der Waals surface area (Å²) < 4.78 is 57.5. The molecule has 0 unspecified atom stereocenters. The fraction of sp³-hybridized carbons (Fsp3) is 0.588. The maximum atomic E-state index is 12.7.